The second-order valence-electron chi connectivity index (χ2n) is 4.09. The third kappa shape index (κ3) is 3.56. The van der Waals surface area contributed by atoms with Crippen molar-refractivity contribution in [2.24, 2.45) is 0 Å². The normalized spacial score (nSPS) is 12.5. The average molecular weight is 206 g/mol. The van der Waals surface area contributed by atoms with Gasteiger partial charge in [0, 0.05) is 25.3 Å². The molecule has 1 N–H and O–H groups in total. The molecule has 0 spiro atoms. The van der Waals surface area contributed by atoms with E-state index in [1.807, 2.05) is 7.05 Å². The van der Waals surface area contributed by atoms with Gasteiger partial charge in [-0.05, 0) is 38.1 Å². The molecular formula is C13H22N2. The minimum Gasteiger partial charge on any atom is -0.373 e. The van der Waals surface area contributed by atoms with E-state index in [2.05, 4.69) is 55.4 Å². The van der Waals surface area contributed by atoms with Crippen molar-refractivity contribution in [1.29, 1.82) is 0 Å². The van der Waals surface area contributed by atoms with E-state index >= 15 is 0 Å². The Balaban J connectivity index is 2.61. The molecule has 2 heteroatoms. The monoisotopic (exact) mass is 206 g/mol. The van der Waals surface area contributed by atoms with Gasteiger partial charge < -0.3 is 10.2 Å². The van der Waals surface area contributed by atoms with Gasteiger partial charge in [0.15, 0.2) is 0 Å². The van der Waals surface area contributed by atoms with Crippen LogP contribution in [0.3, 0.4) is 0 Å². The lowest BCUT2D eigenvalue weighted by Gasteiger charge is -2.23. The second-order valence-corrected chi connectivity index (χ2v) is 4.09. The van der Waals surface area contributed by atoms with Crippen LogP contribution >= 0.6 is 0 Å². The highest BCUT2D eigenvalue weighted by atomic mass is 15.1. The Morgan fingerprint density at radius 2 is 1.87 bits per heavy atom. The highest BCUT2D eigenvalue weighted by Gasteiger charge is 2.04. The maximum absolute atomic E-state index is 3.25. The van der Waals surface area contributed by atoms with E-state index in [0.717, 1.165) is 13.0 Å². The highest BCUT2D eigenvalue weighted by molar-refractivity contribution is 5.47. The predicted octanol–water partition coefficient (Wildman–Crippen LogP) is 2.29. The van der Waals surface area contributed by atoms with E-state index in [0.29, 0.717) is 6.04 Å². The van der Waals surface area contributed by atoms with Crippen LogP contribution in [-0.4, -0.2) is 26.7 Å². The van der Waals surface area contributed by atoms with Gasteiger partial charge in [-0.3, -0.25) is 0 Å². The van der Waals surface area contributed by atoms with Crippen LogP contribution in [0.15, 0.2) is 24.3 Å². The van der Waals surface area contributed by atoms with Crippen molar-refractivity contribution in [3.8, 4) is 0 Å². The van der Waals surface area contributed by atoms with Crippen molar-refractivity contribution in [3.63, 3.8) is 0 Å². The van der Waals surface area contributed by atoms with Gasteiger partial charge in [-0.2, -0.15) is 0 Å². The van der Waals surface area contributed by atoms with Crippen LogP contribution in [0.25, 0.3) is 0 Å². The number of nitrogens with zero attached hydrogens (tertiary/aromatic N) is 1. The zero-order valence-corrected chi connectivity index (χ0v) is 10.2. The zero-order valence-electron chi connectivity index (χ0n) is 10.2. The number of likely N-dealkylation sites (N-methyl/N-ethyl adjacent to an activating group) is 2. The van der Waals surface area contributed by atoms with Crippen molar-refractivity contribution >= 4 is 5.69 Å². The lowest BCUT2D eigenvalue weighted by molar-refractivity contribution is 0.605. The first-order chi connectivity index (χ1) is 7.17. The largest absolute Gasteiger partial charge is 0.373 e. The molecule has 0 aliphatic carbocycles. The number of aryl methyl sites for hydroxylation is 1. The molecule has 1 aromatic rings. The SMILES string of the molecule is CCc1ccc(N(C)CC(C)NC)cc1. The van der Waals surface area contributed by atoms with Crippen LogP contribution in [0.2, 0.25) is 0 Å². The second kappa shape index (κ2) is 5.76. The van der Waals surface area contributed by atoms with E-state index in [4.69, 9.17) is 0 Å². The van der Waals surface area contributed by atoms with Crippen LogP contribution in [0.4, 0.5) is 5.69 Å². The quantitative estimate of drug-likeness (QED) is 0.795. The number of anilines is 1. The molecule has 1 aromatic carbocycles. The maximum Gasteiger partial charge on any atom is 0.0364 e. The van der Waals surface area contributed by atoms with Gasteiger partial charge in [-0.1, -0.05) is 19.1 Å². The first-order valence-electron chi connectivity index (χ1n) is 5.64. The molecule has 0 radical (unpaired) electrons. The van der Waals surface area contributed by atoms with Crippen LogP contribution < -0.4 is 10.2 Å². The summed E-state index contributed by atoms with van der Waals surface area (Å²) in [7, 11) is 4.13. The number of rotatable bonds is 5. The van der Waals surface area contributed by atoms with Crippen LogP contribution in [-0.2, 0) is 6.42 Å². The van der Waals surface area contributed by atoms with E-state index < -0.39 is 0 Å². The molecule has 0 heterocycles. The van der Waals surface area contributed by atoms with Gasteiger partial charge >= 0.3 is 0 Å². The highest BCUT2D eigenvalue weighted by Crippen LogP contribution is 2.14. The number of hydrogen-bond donors (Lipinski definition) is 1. The Bertz CT molecular complexity index is 279. The summed E-state index contributed by atoms with van der Waals surface area (Å²) in [4.78, 5) is 2.28. The first kappa shape index (κ1) is 12.1. The molecule has 1 unspecified atom stereocenters. The van der Waals surface area contributed by atoms with Crippen LogP contribution in [0.1, 0.15) is 19.4 Å². The molecule has 0 saturated heterocycles. The summed E-state index contributed by atoms with van der Waals surface area (Å²) < 4.78 is 0. The average Bonchev–Trinajstić information content (AvgIpc) is 2.29. The van der Waals surface area contributed by atoms with Crippen molar-refractivity contribution in [2.75, 3.05) is 25.5 Å². The summed E-state index contributed by atoms with van der Waals surface area (Å²) in [5, 5.41) is 3.25. The van der Waals surface area contributed by atoms with Crippen LogP contribution in [0.5, 0.6) is 0 Å². The summed E-state index contributed by atoms with van der Waals surface area (Å²) in [6.45, 7) is 5.40. The topological polar surface area (TPSA) is 15.3 Å². The Hall–Kier alpha value is -1.02. The number of benzene rings is 1. The molecule has 2 nitrogen and oxygen atoms in total. The standard InChI is InChI=1S/C13H22N2/c1-5-12-6-8-13(9-7-12)15(4)10-11(2)14-3/h6-9,11,14H,5,10H2,1-4H3. The Labute approximate surface area is 93.3 Å². The van der Waals surface area contributed by atoms with E-state index in [-0.39, 0.29) is 0 Å². The summed E-state index contributed by atoms with van der Waals surface area (Å²) in [5.74, 6) is 0. The Morgan fingerprint density at radius 3 is 2.33 bits per heavy atom. The smallest absolute Gasteiger partial charge is 0.0364 e. The Kier molecular flexibility index (Phi) is 4.63. The minimum atomic E-state index is 0.515. The summed E-state index contributed by atoms with van der Waals surface area (Å²) in [6, 6.07) is 9.31. The molecule has 0 aliphatic rings. The van der Waals surface area contributed by atoms with Crippen molar-refractivity contribution in [2.45, 2.75) is 26.3 Å². The zero-order chi connectivity index (χ0) is 11.3. The summed E-state index contributed by atoms with van der Waals surface area (Å²) in [6.07, 6.45) is 1.11. The molecular weight excluding hydrogens is 184 g/mol. The minimum absolute atomic E-state index is 0.515. The number of nitrogens with one attached hydrogen (secondary N) is 1. The van der Waals surface area contributed by atoms with Crippen molar-refractivity contribution in [1.82, 2.24) is 5.32 Å². The summed E-state index contributed by atoms with van der Waals surface area (Å²) in [5.41, 5.74) is 2.68. The van der Waals surface area contributed by atoms with Crippen LogP contribution in [0, 0.1) is 0 Å². The predicted molar refractivity (Wildman–Crippen MR) is 67.6 cm³/mol. The Morgan fingerprint density at radius 1 is 1.27 bits per heavy atom. The van der Waals surface area contributed by atoms with Crippen molar-refractivity contribution < 1.29 is 0 Å². The molecule has 1 rings (SSSR count). The van der Waals surface area contributed by atoms with Gasteiger partial charge in [0.05, 0.1) is 0 Å². The third-order valence-electron chi connectivity index (χ3n) is 2.83. The van der Waals surface area contributed by atoms with Crippen molar-refractivity contribution in [3.05, 3.63) is 29.8 Å². The molecule has 0 aromatic heterocycles. The van der Waals surface area contributed by atoms with Gasteiger partial charge in [-0.25, -0.2) is 0 Å². The molecule has 0 saturated carbocycles. The summed E-state index contributed by atoms with van der Waals surface area (Å²) >= 11 is 0. The fourth-order valence-electron chi connectivity index (χ4n) is 1.59. The molecule has 0 fully saturated rings. The van der Waals surface area contributed by atoms with E-state index in [1.54, 1.807) is 0 Å². The number of hydrogen-bond acceptors (Lipinski definition) is 2. The molecule has 0 amide bonds. The van der Waals surface area contributed by atoms with Gasteiger partial charge in [0.1, 0.15) is 0 Å². The van der Waals surface area contributed by atoms with E-state index in [1.165, 1.54) is 11.3 Å². The molecule has 0 aliphatic heterocycles. The van der Waals surface area contributed by atoms with E-state index in [9.17, 15) is 0 Å². The molecule has 15 heavy (non-hydrogen) atoms. The maximum atomic E-state index is 3.25. The lowest BCUT2D eigenvalue weighted by Crippen LogP contribution is -2.35. The fraction of sp³-hybridized carbons (Fsp3) is 0.538. The molecule has 84 valence electrons. The van der Waals surface area contributed by atoms with Gasteiger partial charge in [-0.15, -0.1) is 0 Å². The lowest BCUT2D eigenvalue weighted by atomic mass is 10.1. The third-order valence-corrected chi connectivity index (χ3v) is 2.83. The van der Waals surface area contributed by atoms with Gasteiger partial charge in [0.25, 0.3) is 0 Å². The fourth-order valence-corrected chi connectivity index (χ4v) is 1.59. The first-order valence-corrected chi connectivity index (χ1v) is 5.64. The molecule has 0 bridgehead atoms. The van der Waals surface area contributed by atoms with Gasteiger partial charge in [0.2, 0.25) is 0 Å². The molecule has 1 atom stereocenters.